The molecule has 1 heterocycles. The van der Waals surface area contributed by atoms with Gasteiger partial charge in [0.15, 0.2) is 0 Å². The predicted molar refractivity (Wildman–Crippen MR) is 109 cm³/mol. The Hall–Kier alpha value is -1.88. The molecule has 0 bridgehead atoms. The SMILES string of the molecule is CCC1CCC(N(C(=O)c2csc(-c3ccccc3OC)n2)C2CC2)CC1. The average molecular weight is 385 g/mol. The topological polar surface area (TPSA) is 42.4 Å². The van der Waals surface area contributed by atoms with Gasteiger partial charge in [-0.2, -0.15) is 0 Å². The van der Waals surface area contributed by atoms with Gasteiger partial charge in [0.2, 0.25) is 0 Å². The molecule has 2 aliphatic rings. The number of hydrogen-bond acceptors (Lipinski definition) is 4. The first kappa shape index (κ1) is 18.5. The average Bonchev–Trinajstić information content (AvgIpc) is 3.43. The second-order valence-electron chi connectivity index (χ2n) is 7.76. The number of rotatable bonds is 6. The van der Waals surface area contributed by atoms with Crippen LogP contribution in [0.15, 0.2) is 29.6 Å². The van der Waals surface area contributed by atoms with Crippen LogP contribution in [-0.4, -0.2) is 35.0 Å². The zero-order valence-electron chi connectivity index (χ0n) is 16.2. The van der Waals surface area contributed by atoms with Crippen molar-refractivity contribution in [2.45, 2.75) is 64.0 Å². The fourth-order valence-corrected chi connectivity index (χ4v) is 5.09. The number of ether oxygens (including phenoxy) is 1. The molecule has 1 aromatic heterocycles. The highest BCUT2D eigenvalue weighted by atomic mass is 32.1. The third-order valence-electron chi connectivity index (χ3n) is 6.02. The van der Waals surface area contributed by atoms with Gasteiger partial charge in [-0.15, -0.1) is 11.3 Å². The first-order valence-corrected chi connectivity index (χ1v) is 11.0. The van der Waals surface area contributed by atoms with E-state index in [1.165, 1.54) is 30.6 Å². The molecule has 2 aromatic rings. The van der Waals surface area contributed by atoms with Crippen molar-refractivity contribution < 1.29 is 9.53 Å². The third-order valence-corrected chi connectivity index (χ3v) is 6.90. The van der Waals surface area contributed by atoms with E-state index in [0.717, 1.165) is 47.9 Å². The van der Waals surface area contributed by atoms with Crippen LogP contribution in [0.2, 0.25) is 0 Å². The molecule has 0 aliphatic heterocycles. The van der Waals surface area contributed by atoms with Crippen molar-refractivity contribution >= 4 is 17.2 Å². The number of hydrogen-bond donors (Lipinski definition) is 0. The lowest BCUT2D eigenvalue weighted by molar-refractivity contribution is 0.0582. The highest BCUT2D eigenvalue weighted by Gasteiger charge is 2.39. The Balaban J connectivity index is 1.54. The summed E-state index contributed by atoms with van der Waals surface area (Å²) in [5, 5.41) is 2.76. The molecule has 0 unspecified atom stereocenters. The summed E-state index contributed by atoms with van der Waals surface area (Å²) in [5.41, 5.74) is 1.54. The summed E-state index contributed by atoms with van der Waals surface area (Å²) < 4.78 is 5.45. The zero-order chi connectivity index (χ0) is 18.8. The van der Waals surface area contributed by atoms with E-state index in [1.807, 2.05) is 29.6 Å². The van der Waals surface area contributed by atoms with Crippen LogP contribution >= 0.6 is 11.3 Å². The van der Waals surface area contributed by atoms with E-state index in [4.69, 9.17) is 9.72 Å². The molecule has 4 rings (SSSR count). The molecule has 4 nitrogen and oxygen atoms in total. The van der Waals surface area contributed by atoms with Gasteiger partial charge in [0.1, 0.15) is 16.5 Å². The minimum Gasteiger partial charge on any atom is -0.496 e. The maximum Gasteiger partial charge on any atom is 0.273 e. The van der Waals surface area contributed by atoms with Crippen molar-refractivity contribution in [1.82, 2.24) is 9.88 Å². The Labute approximate surface area is 165 Å². The Kier molecular flexibility index (Phi) is 5.48. The third kappa shape index (κ3) is 3.88. The van der Waals surface area contributed by atoms with Gasteiger partial charge in [0, 0.05) is 17.5 Å². The molecule has 27 heavy (non-hydrogen) atoms. The Morgan fingerprint density at radius 3 is 2.44 bits per heavy atom. The lowest BCUT2D eigenvalue weighted by Gasteiger charge is -2.36. The number of aromatic nitrogens is 1. The smallest absolute Gasteiger partial charge is 0.273 e. The summed E-state index contributed by atoms with van der Waals surface area (Å²) >= 11 is 1.52. The Morgan fingerprint density at radius 2 is 1.81 bits per heavy atom. The summed E-state index contributed by atoms with van der Waals surface area (Å²) in [6.45, 7) is 2.28. The standard InChI is InChI=1S/C22H28N2O2S/c1-3-15-8-10-16(11-9-15)24(17-12-13-17)22(25)19-14-27-21(23-19)18-6-4-5-7-20(18)26-2/h4-7,14-17H,3,8-13H2,1-2H3. The molecular weight excluding hydrogens is 356 g/mol. The highest BCUT2D eigenvalue weighted by molar-refractivity contribution is 7.13. The molecule has 5 heteroatoms. The van der Waals surface area contributed by atoms with E-state index in [1.54, 1.807) is 7.11 Å². The number of methoxy groups -OCH3 is 1. The summed E-state index contributed by atoms with van der Waals surface area (Å²) in [7, 11) is 1.67. The lowest BCUT2D eigenvalue weighted by atomic mass is 9.84. The highest BCUT2D eigenvalue weighted by Crippen LogP contribution is 2.38. The summed E-state index contributed by atoms with van der Waals surface area (Å²) in [5.74, 6) is 1.76. The number of benzene rings is 1. The molecule has 0 saturated heterocycles. The number of carbonyl (C=O) groups excluding carboxylic acids is 1. The fourth-order valence-electron chi connectivity index (χ4n) is 4.26. The van der Waals surface area contributed by atoms with Crippen LogP contribution in [-0.2, 0) is 0 Å². The van der Waals surface area contributed by atoms with Crippen molar-refractivity contribution in [3.05, 3.63) is 35.3 Å². The van der Waals surface area contributed by atoms with Gasteiger partial charge in [-0.3, -0.25) is 4.79 Å². The van der Waals surface area contributed by atoms with E-state index in [-0.39, 0.29) is 5.91 Å². The van der Waals surface area contributed by atoms with E-state index < -0.39 is 0 Å². The van der Waals surface area contributed by atoms with E-state index in [0.29, 0.717) is 17.8 Å². The first-order chi connectivity index (χ1) is 13.2. The molecule has 0 spiro atoms. The van der Waals surface area contributed by atoms with Gasteiger partial charge >= 0.3 is 0 Å². The van der Waals surface area contributed by atoms with E-state index in [2.05, 4.69) is 11.8 Å². The quantitative estimate of drug-likeness (QED) is 0.670. The molecule has 2 saturated carbocycles. The van der Waals surface area contributed by atoms with Crippen LogP contribution in [0.5, 0.6) is 5.75 Å². The first-order valence-electron chi connectivity index (χ1n) is 10.1. The van der Waals surface area contributed by atoms with Crippen molar-refractivity contribution in [3.63, 3.8) is 0 Å². The fraction of sp³-hybridized carbons (Fsp3) is 0.545. The molecule has 0 atom stereocenters. The maximum absolute atomic E-state index is 13.3. The summed E-state index contributed by atoms with van der Waals surface area (Å²) in [4.78, 5) is 20.2. The molecular formula is C22H28N2O2S. The van der Waals surface area contributed by atoms with Gasteiger partial charge in [-0.1, -0.05) is 25.5 Å². The van der Waals surface area contributed by atoms with E-state index >= 15 is 0 Å². The van der Waals surface area contributed by atoms with Crippen LogP contribution in [0, 0.1) is 5.92 Å². The van der Waals surface area contributed by atoms with Crippen LogP contribution in [0.25, 0.3) is 10.6 Å². The molecule has 0 radical (unpaired) electrons. The van der Waals surface area contributed by atoms with Crippen molar-refractivity contribution in [2.24, 2.45) is 5.92 Å². The zero-order valence-corrected chi connectivity index (χ0v) is 17.0. The molecule has 2 fully saturated rings. The summed E-state index contributed by atoms with van der Waals surface area (Å²) in [6, 6.07) is 8.67. The number of nitrogens with zero attached hydrogens (tertiary/aromatic N) is 2. The minimum atomic E-state index is 0.120. The minimum absolute atomic E-state index is 0.120. The predicted octanol–water partition coefficient (Wildman–Crippen LogP) is 5.39. The number of para-hydroxylation sites is 1. The van der Waals surface area contributed by atoms with Crippen molar-refractivity contribution in [2.75, 3.05) is 7.11 Å². The van der Waals surface area contributed by atoms with Crippen LogP contribution in [0.4, 0.5) is 0 Å². The molecule has 0 N–H and O–H groups in total. The maximum atomic E-state index is 13.3. The Morgan fingerprint density at radius 1 is 1.15 bits per heavy atom. The second-order valence-corrected chi connectivity index (χ2v) is 8.62. The van der Waals surface area contributed by atoms with E-state index in [9.17, 15) is 4.79 Å². The van der Waals surface area contributed by atoms with Gasteiger partial charge in [-0.05, 0) is 56.6 Å². The van der Waals surface area contributed by atoms with Gasteiger partial charge in [0.25, 0.3) is 5.91 Å². The van der Waals surface area contributed by atoms with Crippen molar-refractivity contribution in [1.29, 1.82) is 0 Å². The number of thiazole rings is 1. The summed E-state index contributed by atoms with van der Waals surface area (Å²) in [6.07, 6.45) is 8.33. The number of carbonyl (C=O) groups is 1. The van der Waals surface area contributed by atoms with Crippen molar-refractivity contribution in [3.8, 4) is 16.3 Å². The largest absolute Gasteiger partial charge is 0.496 e. The molecule has 2 aliphatic carbocycles. The number of amides is 1. The van der Waals surface area contributed by atoms with Gasteiger partial charge in [0.05, 0.1) is 12.7 Å². The van der Waals surface area contributed by atoms with Crippen LogP contribution < -0.4 is 4.74 Å². The second kappa shape index (κ2) is 8.01. The molecule has 1 aromatic carbocycles. The van der Waals surface area contributed by atoms with Crippen LogP contribution in [0.3, 0.4) is 0 Å². The lowest BCUT2D eigenvalue weighted by Crippen LogP contribution is -2.44. The van der Waals surface area contributed by atoms with Gasteiger partial charge < -0.3 is 9.64 Å². The molecule has 144 valence electrons. The normalized spacial score (nSPS) is 22.4. The Bertz CT molecular complexity index is 791. The monoisotopic (exact) mass is 384 g/mol. The van der Waals surface area contributed by atoms with Gasteiger partial charge in [-0.25, -0.2) is 4.98 Å². The molecule has 1 amide bonds. The van der Waals surface area contributed by atoms with Crippen LogP contribution in [0.1, 0.15) is 62.4 Å².